The SMILES string of the molecule is CCNC(=O)COc1ccc(C2Nc3ccccc3C(=O)N2c2ccc3c(c2)OCCO3)cc1OC. The monoisotopic (exact) mass is 489 g/mol. The summed E-state index contributed by atoms with van der Waals surface area (Å²) >= 11 is 0. The standard InChI is InChI=1S/C27H27N3O6/c1-3-28-25(31)16-36-21-10-8-17(14-23(21)33-2)26-29-20-7-5-4-6-19(20)27(32)30(26)18-9-11-22-24(15-18)35-13-12-34-22/h4-11,14-15,26,29H,3,12-13,16H2,1-2H3,(H,28,31). The van der Waals surface area contributed by atoms with E-state index in [4.69, 9.17) is 18.9 Å². The average molecular weight is 490 g/mol. The summed E-state index contributed by atoms with van der Waals surface area (Å²) in [5.74, 6) is 1.75. The number of benzene rings is 3. The molecule has 3 aromatic carbocycles. The van der Waals surface area contributed by atoms with Gasteiger partial charge in [-0.15, -0.1) is 0 Å². The molecule has 186 valence electrons. The normalized spacial score (nSPS) is 16.0. The number of rotatable bonds is 7. The molecule has 0 aromatic heterocycles. The van der Waals surface area contributed by atoms with E-state index < -0.39 is 6.17 Å². The van der Waals surface area contributed by atoms with Gasteiger partial charge in [0, 0.05) is 18.3 Å². The molecule has 5 rings (SSSR count). The van der Waals surface area contributed by atoms with E-state index in [1.165, 1.54) is 7.11 Å². The first-order valence-corrected chi connectivity index (χ1v) is 11.7. The van der Waals surface area contributed by atoms with Crippen LogP contribution in [-0.4, -0.2) is 45.3 Å². The number of amides is 2. The van der Waals surface area contributed by atoms with Crippen LogP contribution < -0.4 is 34.5 Å². The predicted molar refractivity (Wildman–Crippen MR) is 134 cm³/mol. The third-order valence-electron chi connectivity index (χ3n) is 5.97. The molecule has 0 spiro atoms. The summed E-state index contributed by atoms with van der Waals surface area (Å²) in [6.07, 6.45) is -0.540. The molecule has 2 aliphatic heterocycles. The lowest BCUT2D eigenvalue weighted by Crippen LogP contribution is -2.43. The number of ether oxygens (including phenoxy) is 4. The first kappa shape index (κ1) is 23.3. The largest absolute Gasteiger partial charge is 0.493 e. The Balaban J connectivity index is 1.52. The molecule has 1 atom stereocenters. The Kier molecular flexibility index (Phi) is 6.53. The van der Waals surface area contributed by atoms with Crippen LogP contribution in [0.5, 0.6) is 23.0 Å². The second-order valence-corrected chi connectivity index (χ2v) is 8.25. The van der Waals surface area contributed by atoms with E-state index in [1.807, 2.05) is 49.4 Å². The maximum Gasteiger partial charge on any atom is 0.262 e. The van der Waals surface area contributed by atoms with E-state index in [0.29, 0.717) is 54.0 Å². The van der Waals surface area contributed by atoms with Crippen LogP contribution in [-0.2, 0) is 4.79 Å². The molecule has 2 amide bonds. The highest BCUT2D eigenvalue weighted by Crippen LogP contribution is 2.42. The molecule has 9 heteroatoms. The molecule has 36 heavy (non-hydrogen) atoms. The van der Waals surface area contributed by atoms with Crippen molar-refractivity contribution in [1.82, 2.24) is 5.32 Å². The molecule has 0 aliphatic carbocycles. The predicted octanol–water partition coefficient (Wildman–Crippen LogP) is 3.75. The number of nitrogens with zero attached hydrogens (tertiary/aromatic N) is 1. The van der Waals surface area contributed by atoms with Crippen LogP contribution in [0.3, 0.4) is 0 Å². The van der Waals surface area contributed by atoms with Gasteiger partial charge in [0.2, 0.25) is 0 Å². The molecule has 1 unspecified atom stereocenters. The molecule has 2 aliphatic rings. The van der Waals surface area contributed by atoms with Gasteiger partial charge in [-0.3, -0.25) is 14.5 Å². The van der Waals surface area contributed by atoms with Gasteiger partial charge in [0.1, 0.15) is 19.4 Å². The van der Waals surface area contributed by atoms with Gasteiger partial charge in [-0.1, -0.05) is 18.2 Å². The van der Waals surface area contributed by atoms with Crippen LogP contribution in [0.15, 0.2) is 60.7 Å². The maximum absolute atomic E-state index is 13.7. The molecule has 0 fully saturated rings. The molecule has 2 N–H and O–H groups in total. The molecule has 9 nitrogen and oxygen atoms in total. The fourth-order valence-corrected chi connectivity index (χ4v) is 4.30. The van der Waals surface area contributed by atoms with Gasteiger partial charge < -0.3 is 29.6 Å². The average Bonchev–Trinajstić information content (AvgIpc) is 2.91. The quantitative estimate of drug-likeness (QED) is 0.522. The smallest absolute Gasteiger partial charge is 0.262 e. The number of fused-ring (bicyclic) bond motifs is 2. The number of methoxy groups -OCH3 is 1. The Morgan fingerprint density at radius 2 is 1.86 bits per heavy atom. The minimum absolute atomic E-state index is 0.125. The zero-order chi connectivity index (χ0) is 25.1. The molecular formula is C27H27N3O6. The molecule has 0 bridgehead atoms. The van der Waals surface area contributed by atoms with E-state index in [2.05, 4.69) is 10.6 Å². The number of hydrogen-bond acceptors (Lipinski definition) is 7. The third-order valence-corrected chi connectivity index (χ3v) is 5.97. The molecule has 0 radical (unpaired) electrons. The van der Waals surface area contributed by atoms with Crippen LogP contribution in [0.2, 0.25) is 0 Å². The van der Waals surface area contributed by atoms with Gasteiger partial charge in [-0.05, 0) is 48.9 Å². The number of hydrogen-bond donors (Lipinski definition) is 2. The van der Waals surface area contributed by atoms with Crippen molar-refractivity contribution in [2.75, 3.05) is 43.7 Å². The van der Waals surface area contributed by atoms with E-state index in [1.54, 1.807) is 23.1 Å². The van der Waals surface area contributed by atoms with Crippen molar-refractivity contribution in [3.8, 4) is 23.0 Å². The van der Waals surface area contributed by atoms with Crippen LogP contribution in [0, 0.1) is 0 Å². The summed E-state index contributed by atoms with van der Waals surface area (Å²) in [4.78, 5) is 27.3. The number of carbonyl (C=O) groups is 2. The fourth-order valence-electron chi connectivity index (χ4n) is 4.30. The van der Waals surface area contributed by atoms with E-state index in [0.717, 1.165) is 11.3 Å². The van der Waals surface area contributed by atoms with Crippen molar-refractivity contribution in [2.45, 2.75) is 13.1 Å². The zero-order valence-electron chi connectivity index (χ0n) is 20.1. The van der Waals surface area contributed by atoms with Gasteiger partial charge in [0.25, 0.3) is 11.8 Å². The lowest BCUT2D eigenvalue weighted by atomic mass is 10.0. The highest BCUT2D eigenvalue weighted by Gasteiger charge is 2.35. The number of anilines is 2. The van der Waals surface area contributed by atoms with E-state index in [-0.39, 0.29) is 18.4 Å². The van der Waals surface area contributed by atoms with Gasteiger partial charge in [0.15, 0.2) is 29.6 Å². The lowest BCUT2D eigenvalue weighted by Gasteiger charge is -2.38. The van der Waals surface area contributed by atoms with E-state index >= 15 is 0 Å². The summed E-state index contributed by atoms with van der Waals surface area (Å²) in [6.45, 7) is 3.18. The molecule has 0 saturated carbocycles. The Bertz CT molecular complexity index is 1290. The van der Waals surface area contributed by atoms with E-state index in [9.17, 15) is 9.59 Å². The Morgan fingerprint density at radius 1 is 1.06 bits per heavy atom. The lowest BCUT2D eigenvalue weighted by molar-refractivity contribution is -0.123. The van der Waals surface area contributed by atoms with Gasteiger partial charge >= 0.3 is 0 Å². The molecule has 2 heterocycles. The molecule has 3 aromatic rings. The van der Waals surface area contributed by atoms with Crippen molar-refractivity contribution in [2.24, 2.45) is 0 Å². The topological polar surface area (TPSA) is 98.4 Å². The third kappa shape index (κ3) is 4.47. The van der Waals surface area contributed by atoms with Crippen LogP contribution in [0.25, 0.3) is 0 Å². The number of nitrogens with one attached hydrogen (secondary N) is 2. The summed E-state index contributed by atoms with van der Waals surface area (Å²) in [5, 5.41) is 6.18. The second-order valence-electron chi connectivity index (χ2n) is 8.25. The number of carbonyl (C=O) groups excluding carboxylic acids is 2. The van der Waals surface area contributed by atoms with Gasteiger partial charge in [-0.2, -0.15) is 0 Å². The summed E-state index contributed by atoms with van der Waals surface area (Å²) < 4.78 is 22.6. The van der Waals surface area contributed by atoms with Crippen LogP contribution >= 0.6 is 0 Å². The Labute approximate surface area is 208 Å². The van der Waals surface area contributed by atoms with Crippen molar-refractivity contribution in [1.29, 1.82) is 0 Å². The minimum Gasteiger partial charge on any atom is -0.493 e. The fraction of sp³-hybridized carbons (Fsp3) is 0.259. The molecule has 0 saturated heterocycles. The Morgan fingerprint density at radius 3 is 2.67 bits per heavy atom. The first-order chi connectivity index (χ1) is 17.6. The van der Waals surface area contributed by atoms with Crippen molar-refractivity contribution < 1.29 is 28.5 Å². The number of para-hydroxylation sites is 1. The summed E-state index contributed by atoms with van der Waals surface area (Å²) in [7, 11) is 1.53. The van der Waals surface area contributed by atoms with Crippen molar-refractivity contribution in [3.05, 3.63) is 71.8 Å². The maximum atomic E-state index is 13.7. The van der Waals surface area contributed by atoms with Crippen LogP contribution in [0.4, 0.5) is 11.4 Å². The first-order valence-electron chi connectivity index (χ1n) is 11.7. The minimum atomic E-state index is -0.540. The van der Waals surface area contributed by atoms with Gasteiger partial charge in [-0.25, -0.2) is 0 Å². The zero-order valence-corrected chi connectivity index (χ0v) is 20.1. The number of likely N-dealkylation sites (N-methyl/N-ethyl adjacent to an activating group) is 1. The molecular weight excluding hydrogens is 462 g/mol. The summed E-state index contributed by atoms with van der Waals surface area (Å²) in [6, 6.07) is 18.3. The highest BCUT2D eigenvalue weighted by atomic mass is 16.6. The van der Waals surface area contributed by atoms with Crippen molar-refractivity contribution in [3.63, 3.8) is 0 Å². The summed E-state index contributed by atoms with van der Waals surface area (Å²) in [5.41, 5.74) is 2.73. The van der Waals surface area contributed by atoms with Crippen LogP contribution in [0.1, 0.15) is 29.0 Å². The second kappa shape index (κ2) is 10.1. The Hall–Kier alpha value is -4.40. The van der Waals surface area contributed by atoms with Gasteiger partial charge in [0.05, 0.1) is 18.4 Å². The van der Waals surface area contributed by atoms with Crippen molar-refractivity contribution >= 4 is 23.2 Å². The highest BCUT2D eigenvalue weighted by molar-refractivity contribution is 6.12.